The average molecular weight is 372 g/mol. The zero-order valence-corrected chi connectivity index (χ0v) is 16.0. The van der Waals surface area contributed by atoms with Crippen LogP contribution in [0.2, 0.25) is 0 Å². The first-order chi connectivity index (χ1) is 11.2. The first-order valence-electron chi connectivity index (χ1n) is 8.25. The predicted molar refractivity (Wildman–Crippen MR) is 102 cm³/mol. The number of nitrogens with one attached hydrogen (secondary N) is 1. The summed E-state index contributed by atoms with van der Waals surface area (Å²) < 4.78 is 1.90. The van der Waals surface area contributed by atoms with E-state index in [0.29, 0.717) is 12.0 Å². The van der Waals surface area contributed by atoms with Crippen molar-refractivity contribution in [3.63, 3.8) is 0 Å². The summed E-state index contributed by atoms with van der Waals surface area (Å²) in [5, 5.41) is 3.33. The summed E-state index contributed by atoms with van der Waals surface area (Å²) >= 11 is 5.57. The van der Waals surface area contributed by atoms with Crippen LogP contribution in [-0.2, 0) is 11.3 Å². The van der Waals surface area contributed by atoms with Crippen molar-refractivity contribution in [3.05, 3.63) is 18.7 Å². The Labute approximate surface area is 151 Å². The number of rotatable bonds is 7. The maximum absolute atomic E-state index is 12.9. The van der Waals surface area contributed by atoms with E-state index in [1.54, 1.807) is 0 Å². The predicted octanol–water partition coefficient (Wildman–Crippen LogP) is 3.10. The van der Waals surface area contributed by atoms with Crippen LogP contribution in [0.15, 0.2) is 18.7 Å². The van der Waals surface area contributed by atoms with Crippen molar-refractivity contribution in [2.75, 3.05) is 23.5 Å². The average Bonchev–Trinajstić information content (AvgIpc) is 3.04. The van der Waals surface area contributed by atoms with Crippen LogP contribution >= 0.6 is 35.3 Å². The molecule has 1 aliphatic carbocycles. The van der Waals surface area contributed by atoms with Crippen molar-refractivity contribution in [2.24, 2.45) is 5.92 Å². The fraction of sp³-hybridized carbons (Fsp3) is 0.750. The molecule has 2 heterocycles. The number of aromatic nitrogens is 2. The van der Waals surface area contributed by atoms with Gasteiger partial charge in [-0.3, -0.25) is 4.79 Å². The Morgan fingerprint density at radius 3 is 2.87 bits per heavy atom. The van der Waals surface area contributed by atoms with Crippen molar-refractivity contribution in [3.8, 4) is 0 Å². The summed E-state index contributed by atoms with van der Waals surface area (Å²) in [6.07, 6.45) is 12.2. The van der Waals surface area contributed by atoms with Crippen LogP contribution in [0.1, 0.15) is 25.7 Å². The Bertz CT molecular complexity index is 497. The first-order valence-corrected chi connectivity index (χ1v) is 11.6. The number of carbonyl (C=O) groups is 1. The molecule has 2 fully saturated rings. The summed E-state index contributed by atoms with van der Waals surface area (Å²) in [6.45, 7) is 1.02. The van der Waals surface area contributed by atoms with Crippen molar-refractivity contribution in [1.82, 2.24) is 14.9 Å². The molecule has 1 saturated carbocycles. The SMILES string of the molecule is CSCCC1(C(=O)NC2CC(Cn3ccnc3)C2)SCCCS1. The molecule has 7 heteroatoms. The molecule has 0 aromatic carbocycles. The van der Waals surface area contributed by atoms with Crippen LogP contribution in [0.3, 0.4) is 0 Å². The molecule has 128 valence electrons. The van der Waals surface area contributed by atoms with Gasteiger partial charge in [0.1, 0.15) is 4.08 Å². The van der Waals surface area contributed by atoms with Crippen molar-refractivity contribution >= 4 is 41.2 Å². The van der Waals surface area contributed by atoms with Crippen LogP contribution in [-0.4, -0.2) is 49.1 Å². The van der Waals surface area contributed by atoms with Gasteiger partial charge in [0, 0.05) is 25.0 Å². The zero-order chi connectivity index (χ0) is 16.1. The maximum Gasteiger partial charge on any atom is 0.246 e. The number of nitrogens with zero attached hydrogens (tertiary/aromatic N) is 2. The number of hydrogen-bond donors (Lipinski definition) is 1. The van der Waals surface area contributed by atoms with Crippen LogP contribution < -0.4 is 5.32 Å². The highest BCUT2D eigenvalue weighted by Crippen LogP contribution is 2.46. The molecule has 4 nitrogen and oxygen atoms in total. The molecule has 1 aromatic rings. The third-order valence-electron chi connectivity index (χ3n) is 4.54. The van der Waals surface area contributed by atoms with Crippen molar-refractivity contribution in [2.45, 2.75) is 42.3 Å². The van der Waals surface area contributed by atoms with Gasteiger partial charge in [-0.2, -0.15) is 11.8 Å². The molecule has 1 N–H and O–H groups in total. The lowest BCUT2D eigenvalue weighted by Crippen LogP contribution is -2.52. The summed E-state index contributed by atoms with van der Waals surface area (Å²) in [5.74, 6) is 4.22. The van der Waals surface area contributed by atoms with Gasteiger partial charge < -0.3 is 9.88 Å². The molecule has 23 heavy (non-hydrogen) atoms. The molecule has 0 spiro atoms. The molecular weight excluding hydrogens is 346 g/mol. The Kier molecular flexibility index (Phi) is 6.26. The summed E-state index contributed by atoms with van der Waals surface area (Å²) in [4.78, 5) is 17.0. The lowest BCUT2D eigenvalue weighted by Gasteiger charge is -2.40. The minimum absolute atomic E-state index is 0.239. The quantitative estimate of drug-likeness (QED) is 0.798. The number of carbonyl (C=O) groups excluding carboxylic acids is 1. The molecule has 1 aliphatic heterocycles. The van der Waals surface area contributed by atoms with Crippen LogP contribution in [0.25, 0.3) is 0 Å². The minimum atomic E-state index is -0.239. The minimum Gasteiger partial charge on any atom is -0.351 e. The second-order valence-corrected chi connectivity index (χ2v) is 10.3. The summed E-state index contributed by atoms with van der Waals surface area (Å²) in [7, 11) is 0. The Morgan fingerprint density at radius 1 is 1.43 bits per heavy atom. The van der Waals surface area contributed by atoms with Crippen molar-refractivity contribution in [1.29, 1.82) is 0 Å². The van der Waals surface area contributed by atoms with E-state index < -0.39 is 0 Å². The number of imidazole rings is 1. The van der Waals surface area contributed by atoms with Gasteiger partial charge in [0.05, 0.1) is 6.33 Å². The second kappa shape index (κ2) is 8.21. The van der Waals surface area contributed by atoms with Crippen LogP contribution in [0.5, 0.6) is 0 Å². The van der Waals surface area contributed by atoms with E-state index in [0.717, 1.165) is 43.1 Å². The lowest BCUT2D eigenvalue weighted by atomic mass is 9.80. The molecule has 1 aromatic heterocycles. The molecular formula is C16H25N3OS3. The number of hydrogen-bond acceptors (Lipinski definition) is 5. The zero-order valence-electron chi connectivity index (χ0n) is 13.6. The molecule has 2 aliphatic rings. The topological polar surface area (TPSA) is 46.9 Å². The third-order valence-corrected chi connectivity index (χ3v) is 8.56. The van der Waals surface area contributed by atoms with E-state index in [1.807, 2.05) is 54.0 Å². The Morgan fingerprint density at radius 2 is 2.22 bits per heavy atom. The normalized spacial score (nSPS) is 26.5. The largest absolute Gasteiger partial charge is 0.351 e. The molecule has 0 bridgehead atoms. The van der Waals surface area contributed by atoms with Crippen LogP contribution in [0, 0.1) is 5.92 Å². The fourth-order valence-corrected chi connectivity index (χ4v) is 7.09. The standard InChI is InChI=1S/C16H25N3OS3/c1-21-8-3-16(22-6-2-7-23-16)15(20)18-14-9-13(10-14)11-19-5-4-17-12-19/h4-5,12-14H,2-3,6-11H2,1H3,(H,18,20). The van der Waals surface area contributed by atoms with E-state index >= 15 is 0 Å². The van der Waals surface area contributed by atoms with E-state index in [4.69, 9.17) is 0 Å². The molecule has 3 rings (SSSR count). The molecule has 0 unspecified atom stereocenters. The van der Waals surface area contributed by atoms with Gasteiger partial charge in [0.15, 0.2) is 0 Å². The molecule has 1 saturated heterocycles. The van der Waals surface area contributed by atoms with Crippen LogP contribution in [0.4, 0.5) is 0 Å². The van der Waals surface area contributed by atoms with Gasteiger partial charge in [0.2, 0.25) is 5.91 Å². The summed E-state index contributed by atoms with van der Waals surface area (Å²) in [5.41, 5.74) is 0. The van der Waals surface area contributed by atoms with Gasteiger partial charge in [-0.05, 0) is 55.1 Å². The van der Waals surface area contributed by atoms with Gasteiger partial charge in [-0.1, -0.05) is 0 Å². The smallest absolute Gasteiger partial charge is 0.246 e. The fourth-order valence-electron chi connectivity index (χ4n) is 3.19. The third kappa shape index (κ3) is 4.42. The molecule has 0 radical (unpaired) electrons. The van der Waals surface area contributed by atoms with E-state index in [9.17, 15) is 4.79 Å². The highest BCUT2D eigenvalue weighted by atomic mass is 32.2. The van der Waals surface area contributed by atoms with Gasteiger partial charge in [-0.15, -0.1) is 23.5 Å². The molecule has 1 amide bonds. The Hall–Kier alpha value is -0.270. The van der Waals surface area contributed by atoms with Crippen molar-refractivity contribution < 1.29 is 4.79 Å². The van der Waals surface area contributed by atoms with E-state index in [2.05, 4.69) is 21.1 Å². The van der Waals surface area contributed by atoms with E-state index in [1.165, 1.54) is 6.42 Å². The second-order valence-electron chi connectivity index (χ2n) is 6.31. The van der Waals surface area contributed by atoms with Gasteiger partial charge in [0.25, 0.3) is 0 Å². The number of amides is 1. The van der Waals surface area contributed by atoms with E-state index in [-0.39, 0.29) is 9.99 Å². The number of thioether (sulfide) groups is 3. The Balaban J connectivity index is 1.48. The monoisotopic (exact) mass is 371 g/mol. The summed E-state index contributed by atoms with van der Waals surface area (Å²) in [6, 6.07) is 0.366. The highest BCUT2D eigenvalue weighted by Gasteiger charge is 2.43. The first kappa shape index (κ1) is 17.5. The van der Waals surface area contributed by atoms with Gasteiger partial charge >= 0.3 is 0 Å². The molecule has 0 atom stereocenters. The van der Waals surface area contributed by atoms with Gasteiger partial charge in [-0.25, -0.2) is 4.98 Å². The maximum atomic E-state index is 12.9. The highest BCUT2D eigenvalue weighted by molar-refractivity contribution is 8.20. The lowest BCUT2D eigenvalue weighted by molar-refractivity contribution is -0.123.